The van der Waals surface area contributed by atoms with E-state index < -0.39 is 11.5 Å². The van der Waals surface area contributed by atoms with E-state index in [0.717, 1.165) is 37.4 Å². The molecule has 2 atom stereocenters. The molecule has 112 valence electrons. The van der Waals surface area contributed by atoms with Gasteiger partial charge in [-0.15, -0.1) is 0 Å². The lowest BCUT2D eigenvalue weighted by molar-refractivity contribution is -0.146. The largest absolute Gasteiger partial charge is 0.480 e. The van der Waals surface area contributed by atoms with Gasteiger partial charge >= 0.3 is 5.97 Å². The molecular formula is C15H29NO2S. The summed E-state index contributed by atoms with van der Waals surface area (Å²) in [4.78, 5) is 11.7. The normalized spacial score (nSPS) is 28.0. The first-order valence-electron chi connectivity index (χ1n) is 7.48. The standard InChI is InChI=1S/C15H29NO2S/c1-11(2)7-9-19-13-6-5-8-15(10-13,14(17)18)16-12(3)4/h11-13,16H,5-10H2,1-4H3,(H,17,18). The first-order chi connectivity index (χ1) is 8.85. The van der Waals surface area contributed by atoms with Gasteiger partial charge in [0.05, 0.1) is 0 Å². The van der Waals surface area contributed by atoms with Crippen molar-refractivity contribution in [3.8, 4) is 0 Å². The summed E-state index contributed by atoms with van der Waals surface area (Å²) in [6.07, 6.45) is 4.94. The molecule has 0 amide bonds. The van der Waals surface area contributed by atoms with Crippen molar-refractivity contribution in [3.63, 3.8) is 0 Å². The second-order valence-corrected chi connectivity index (χ2v) is 7.87. The van der Waals surface area contributed by atoms with Crippen LogP contribution in [0.4, 0.5) is 0 Å². The Morgan fingerprint density at radius 2 is 2.11 bits per heavy atom. The lowest BCUT2D eigenvalue weighted by Gasteiger charge is -2.39. The van der Waals surface area contributed by atoms with E-state index in [1.54, 1.807) is 0 Å². The highest BCUT2D eigenvalue weighted by Crippen LogP contribution is 2.36. The zero-order valence-corrected chi connectivity index (χ0v) is 13.6. The summed E-state index contributed by atoms with van der Waals surface area (Å²) in [5.41, 5.74) is -0.693. The van der Waals surface area contributed by atoms with Crippen molar-refractivity contribution in [3.05, 3.63) is 0 Å². The summed E-state index contributed by atoms with van der Waals surface area (Å²) in [6, 6.07) is 0.218. The Bertz CT molecular complexity index is 294. The molecule has 0 spiro atoms. The third-order valence-electron chi connectivity index (χ3n) is 3.73. The minimum atomic E-state index is -0.693. The van der Waals surface area contributed by atoms with Crippen molar-refractivity contribution in [1.29, 1.82) is 0 Å². The van der Waals surface area contributed by atoms with E-state index in [4.69, 9.17) is 0 Å². The number of rotatable bonds is 7. The summed E-state index contributed by atoms with van der Waals surface area (Å²) in [6.45, 7) is 8.53. The SMILES string of the molecule is CC(C)CCSC1CCCC(NC(C)C)(C(=O)O)C1. The maximum Gasteiger partial charge on any atom is 0.323 e. The highest BCUT2D eigenvalue weighted by atomic mass is 32.2. The lowest BCUT2D eigenvalue weighted by atomic mass is 9.81. The molecule has 0 aliphatic heterocycles. The Morgan fingerprint density at radius 3 is 2.63 bits per heavy atom. The second kappa shape index (κ2) is 7.53. The van der Waals surface area contributed by atoms with Gasteiger partial charge in [-0.2, -0.15) is 11.8 Å². The molecule has 4 heteroatoms. The fraction of sp³-hybridized carbons (Fsp3) is 0.933. The van der Waals surface area contributed by atoms with E-state index in [2.05, 4.69) is 19.2 Å². The van der Waals surface area contributed by atoms with Gasteiger partial charge in [0.15, 0.2) is 0 Å². The number of hydrogen-bond acceptors (Lipinski definition) is 3. The summed E-state index contributed by atoms with van der Waals surface area (Å²) >= 11 is 1.97. The van der Waals surface area contributed by atoms with Crippen LogP contribution in [0.1, 0.15) is 59.8 Å². The van der Waals surface area contributed by atoms with Crippen molar-refractivity contribution < 1.29 is 9.90 Å². The van der Waals surface area contributed by atoms with Crippen LogP contribution >= 0.6 is 11.8 Å². The second-order valence-electron chi connectivity index (χ2n) is 6.46. The summed E-state index contributed by atoms with van der Waals surface area (Å²) in [7, 11) is 0. The molecule has 0 saturated heterocycles. The van der Waals surface area contributed by atoms with Crippen LogP contribution < -0.4 is 5.32 Å². The van der Waals surface area contributed by atoms with Crippen LogP contribution in [0, 0.1) is 5.92 Å². The van der Waals surface area contributed by atoms with Crippen LogP contribution in [-0.4, -0.2) is 33.7 Å². The van der Waals surface area contributed by atoms with Gasteiger partial charge in [0.25, 0.3) is 0 Å². The number of nitrogens with one attached hydrogen (secondary N) is 1. The molecule has 0 bridgehead atoms. The molecule has 2 N–H and O–H groups in total. The third-order valence-corrected chi connectivity index (χ3v) is 5.07. The molecule has 1 saturated carbocycles. The Labute approximate surface area is 121 Å². The zero-order valence-electron chi connectivity index (χ0n) is 12.7. The number of hydrogen-bond donors (Lipinski definition) is 2. The number of carbonyl (C=O) groups is 1. The van der Waals surface area contributed by atoms with Crippen molar-refractivity contribution in [2.24, 2.45) is 5.92 Å². The van der Waals surface area contributed by atoms with Gasteiger partial charge in [0, 0.05) is 11.3 Å². The molecule has 0 heterocycles. The third kappa shape index (κ3) is 5.35. The molecule has 1 rings (SSSR count). The van der Waals surface area contributed by atoms with E-state index in [9.17, 15) is 9.90 Å². The fourth-order valence-corrected chi connectivity index (χ4v) is 4.45. The number of carboxylic acid groups (broad SMARTS) is 1. The highest BCUT2D eigenvalue weighted by molar-refractivity contribution is 7.99. The number of carboxylic acids is 1. The van der Waals surface area contributed by atoms with Crippen LogP contribution in [0.3, 0.4) is 0 Å². The topological polar surface area (TPSA) is 49.3 Å². The van der Waals surface area contributed by atoms with E-state index in [1.165, 1.54) is 6.42 Å². The maximum atomic E-state index is 11.7. The maximum absolute atomic E-state index is 11.7. The molecule has 1 aliphatic carbocycles. The minimum absolute atomic E-state index is 0.218. The van der Waals surface area contributed by atoms with Gasteiger partial charge < -0.3 is 5.11 Å². The van der Waals surface area contributed by atoms with Crippen molar-refractivity contribution in [1.82, 2.24) is 5.32 Å². The van der Waals surface area contributed by atoms with Gasteiger partial charge in [-0.25, -0.2) is 0 Å². The highest BCUT2D eigenvalue weighted by Gasteiger charge is 2.43. The van der Waals surface area contributed by atoms with E-state index in [0.29, 0.717) is 5.25 Å². The van der Waals surface area contributed by atoms with Gasteiger partial charge in [-0.3, -0.25) is 10.1 Å². The van der Waals surface area contributed by atoms with Gasteiger partial charge in [0.2, 0.25) is 0 Å². The summed E-state index contributed by atoms with van der Waals surface area (Å²) in [5, 5.41) is 13.4. The molecule has 0 aromatic rings. The zero-order chi connectivity index (χ0) is 14.5. The molecule has 3 nitrogen and oxygen atoms in total. The molecule has 1 aliphatic rings. The number of aliphatic carboxylic acids is 1. The Morgan fingerprint density at radius 1 is 1.42 bits per heavy atom. The molecule has 0 aromatic carbocycles. The minimum Gasteiger partial charge on any atom is -0.480 e. The van der Waals surface area contributed by atoms with Gasteiger partial charge in [-0.1, -0.05) is 13.8 Å². The molecular weight excluding hydrogens is 258 g/mol. The Hall–Kier alpha value is -0.220. The first-order valence-corrected chi connectivity index (χ1v) is 8.53. The van der Waals surface area contributed by atoms with E-state index in [1.807, 2.05) is 25.6 Å². The van der Waals surface area contributed by atoms with Crippen LogP contribution in [-0.2, 0) is 4.79 Å². The average Bonchev–Trinajstić information content (AvgIpc) is 2.27. The number of thioether (sulfide) groups is 1. The molecule has 2 unspecified atom stereocenters. The molecule has 0 radical (unpaired) electrons. The summed E-state index contributed by atoms with van der Waals surface area (Å²) < 4.78 is 0. The van der Waals surface area contributed by atoms with Crippen LogP contribution in [0.25, 0.3) is 0 Å². The smallest absolute Gasteiger partial charge is 0.323 e. The predicted octanol–water partition coefficient (Wildman–Crippen LogP) is 3.53. The van der Waals surface area contributed by atoms with Crippen LogP contribution in [0.2, 0.25) is 0 Å². The van der Waals surface area contributed by atoms with Gasteiger partial charge in [-0.05, 0) is 57.6 Å². The molecule has 0 aromatic heterocycles. The molecule has 19 heavy (non-hydrogen) atoms. The fourth-order valence-electron chi connectivity index (χ4n) is 2.78. The first kappa shape index (κ1) is 16.8. The Kier molecular flexibility index (Phi) is 6.67. The van der Waals surface area contributed by atoms with Crippen LogP contribution in [0.5, 0.6) is 0 Å². The van der Waals surface area contributed by atoms with Crippen LogP contribution in [0.15, 0.2) is 0 Å². The van der Waals surface area contributed by atoms with Crippen molar-refractivity contribution >= 4 is 17.7 Å². The summed E-state index contributed by atoms with van der Waals surface area (Å²) in [5.74, 6) is 1.21. The van der Waals surface area contributed by atoms with Crippen molar-refractivity contribution in [2.45, 2.75) is 76.6 Å². The van der Waals surface area contributed by atoms with E-state index >= 15 is 0 Å². The Balaban J connectivity index is 2.56. The molecule has 1 fully saturated rings. The predicted molar refractivity (Wildman–Crippen MR) is 82.8 cm³/mol. The van der Waals surface area contributed by atoms with E-state index in [-0.39, 0.29) is 6.04 Å². The lowest BCUT2D eigenvalue weighted by Crippen LogP contribution is -2.57. The van der Waals surface area contributed by atoms with Crippen molar-refractivity contribution in [2.75, 3.05) is 5.75 Å². The average molecular weight is 287 g/mol. The quantitative estimate of drug-likeness (QED) is 0.752. The monoisotopic (exact) mass is 287 g/mol. The van der Waals surface area contributed by atoms with Gasteiger partial charge in [0.1, 0.15) is 5.54 Å².